The standard InChI is InChI=1S/C18H16N2O5S/c1-24-12-5-3-11(15(8-12)25-2)9-20-16(21)13-6-4-10(17(22)23)7-14(13)19-18(20)26/h3-8H,9H2,1-2H3,(H,19,26)(H,22,23). The molecule has 0 unspecified atom stereocenters. The van der Waals surface area contributed by atoms with Gasteiger partial charge in [-0.3, -0.25) is 9.36 Å². The highest BCUT2D eigenvalue weighted by Gasteiger charge is 2.12. The number of carbonyl (C=O) groups is 1. The number of nitrogens with one attached hydrogen (secondary N) is 1. The number of carboxylic acid groups (broad SMARTS) is 1. The van der Waals surface area contributed by atoms with Crippen molar-refractivity contribution in [2.45, 2.75) is 6.54 Å². The van der Waals surface area contributed by atoms with Crippen molar-refractivity contribution in [3.63, 3.8) is 0 Å². The van der Waals surface area contributed by atoms with Gasteiger partial charge in [0.1, 0.15) is 11.5 Å². The normalized spacial score (nSPS) is 10.7. The number of carboxylic acids is 1. The largest absolute Gasteiger partial charge is 0.497 e. The summed E-state index contributed by atoms with van der Waals surface area (Å²) in [4.78, 5) is 26.8. The summed E-state index contributed by atoms with van der Waals surface area (Å²) in [6, 6.07) is 9.57. The minimum absolute atomic E-state index is 0.0807. The van der Waals surface area contributed by atoms with E-state index >= 15 is 0 Å². The molecule has 0 amide bonds. The van der Waals surface area contributed by atoms with E-state index < -0.39 is 5.97 Å². The maximum Gasteiger partial charge on any atom is 0.335 e. The zero-order valence-electron chi connectivity index (χ0n) is 14.1. The van der Waals surface area contributed by atoms with E-state index in [9.17, 15) is 9.59 Å². The molecule has 7 nitrogen and oxygen atoms in total. The third-order valence-corrected chi connectivity index (χ3v) is 4.37. The SMILES string of the molecule is COc1ccc(Cn2c(=S)[nH]c3cc(C(=O)O)ccc3c2=O)c(OC)c1. The molecular formula is C18H16N2O5S. The Morgan fingerprint density at radius 3 is 2.62 bits per heavy atom. The lowest BCUT2D eigenvalue weighted by atomic mass is 10.1. The van der Waals surface area contributed by atoms with Gasteiger partial charge in [-0.2, -0.15) is 0 Å². The van der Waals surface area contributed by atoms with Crippen LogP contribution in [0.1, 0.15) is 15.9 Å². The molecule has 0 radical (unpaired) electrons. The number of methoxy groups -OCH3 is 2. The lowest BCUT2D eigenvalue weighted by Gasteiger charge is -2.13. The fraction of sp³-hybridized carbons (Fsp3) is 0.167. The number of aromatic carboxylic acids is 1. The second-order valence-electron chi connectivity index (χ2n) is 5.56. The molecule has 0 aliphatic rings. The first-order chi connectivity index (χ1) is 12.4. The van der Waals surface area contributed by atoms with Crippen molar-refractivity contribution >= 4 is 29.1 Å². The number of rotatable bonds is 5. The van der Waals surface area contributed by atoms with E-state index in [2.05, 4.69) is 4.98 Å². The van der Waals surface area contributed by atoms with Gasteiger partial charge in [0.15, 0.2) is 4.77 Å². The van der Waals surface area contributed by atoms with Crippen LogP contribution in [0.5, 0.6) is 11.5 Å². The molecule has 8 heteroatoms. The molecule has 0 fully saturated rings. The topological polar surface area (TPSA) is 93.5 Å². The maximum absolute atomic E-state index is 12.8. The Bertz CT molecular complexity index is 1120. The molecule has 0 atom stereocenters. The Morgan fingerprint density at radius 2 is 1.96 bits per heavy atom. The summed E-state index contributed by atoms with van der Waals surface area (Å²) in [6.45, 7) is 0.206. The number of fused-ring (bicyclic) bond motifs is 1. The van der Waals surface area contributed by atoms with Crippen LogP contribution in [0.25, 0.3) is 10.9 Å². The van der Waals surface area contributed by atoms with Crippen LogP contribution in [0.15, 0.2) is 41.2 Å². The monoisotopic (exact) mass is 372 g/mol. The smallest absolute Gasteiger partial charge is 0.335 e. The van der Waals surface area contributed by atoms with Crippen LogP contribution in [0.3, 0.4) is 0 Å². The number of ether oxygens (including phenoxy) is 2. The lowest BCUT2D eigenvalue weighted by molar-refractivity contribution is 0.0697. The first-order valence-electron chi connectivity index (χ1n) is 7.65. The van der Waals surface area contributed by atoms with Gasteiger partial charge in [-0.1, -0.05) is 0 Å². The van der Waals surface area contributed by atoms with Crippen LogP contribution in [0, 0.1) is 4.77 Å². The highest BCUT2D eigenvalue weighted by Crippen LogP contribution is 2.25. The average Bonchev–Trinajstić information content (AvgIpc) is 2.64. The number of nitrogens with zero attached hydrogens (tertiary/aromatic N) is 1. The maximum atomic E-state index is 12.8. The zero-order chi connectivity index (χ0) is 18.8. The zero-order valence-corrected chi connectivity index (χ0v) is 14.9. The summed E-state index contributed by atoms with van der Waals surface area (Å²) in [5.74, 6) is 0.146. The van der Waals surface area contributed by atoms with E-state index in [0.717, 1.165) is 5.56 Å². The van der Waals surface area contributed by atoms with Crippen LogP contribution in [0.4, 0.5) is 0 Å². The molecule has 0 saturated carbocycles. The van der Waals surface area contributed by atoms with Gasteiger partial charge in [-0.05, 0) is 42.5 Å². The van der Waals surface area contributed by atoms with Crippen LogP contribution in [0.2, 0.25) is 0 Å². The number of hydrogen-bond acceptors (Lipinski definition) is 5. The van der Waals surface area contributed by atoms with E-state index in [0.29, 0.717) is 22.4 Å². The molecule has 0 aliphatic carbocycles. The number of H-pyrrole nitrogens is 1. The molecule has 0 aliphatic heterocycles. The second-order valence-corrected chi connectivity index (χ2v) is 5.95. The number of hydrogen-bond donors (Lipinski definition) is 2. The van der Waals surface area contributed by atoms with E-state index in [1.165, 1.54) is 29.9 Å². The van der Waals surface area contributed by atoms with Crippen LogP contribution >= 0.6 is 12.2 Å². The summed E-state index contributed by atoms with van der Waals surface area (Å²) < 4.78 is 12.1. The van der Waals surface area contributed by atoms with Crippen molar-refractivity contribution in [3.8, 4) is 11.5 Å². The van der Waals surface area contributed by atoms with Gasteiger partial charge in [-0.15, -0.1) is 0 Å². The lowest BCUT2D eigenvalue weighted by Crippen LogP contribution is -2.23. The van der Waals surface area contributed by atoms with Crippen molar-refractivity contribution in [2.75, 3.05) is 14.2 Å². The van der Waals surface area contributed by atoms with E-state index in [-0.39, 0.29) is 22.4 Å². The van der Waals surface area contributed by atoms with Crippen molar-refractivity contribution in [1.82, 2.24) is 9.55 Å². The predicted molar refractivity (Wildman–Crippen MR) is 99.0 cm³/mol. The Morgan fingerprint density at radius 1 is 1.19 bits per heavy atom. The third kappa shape index (κ3) is 3.18. The number of aromatic nitrogens is 2. The first-order valence-corrected chi connectivity index (χ1v) is 8.06. The molecule has 3 rings (SSSR count). The van der Waals surface area contributed by atoms with Crippen molar-refractivity contribution in [2.24, 2.45) is 0 Å². The van der Waals surface area contributed by atoms with Gasteiger partial charge in [0.2, 0.25) is 0 Å². The van der Waals surface area contributed by atoms with Crippen molar-refractivity contribution in [3.05, 3.63) is 62.6 Å². The molecule has 2 aromatic carbocycles. The molecule has 3 aromatic rings. The second kappa shape index (κ2) is 7.01. The predicted octanol–water partition coefficient (Wildman–Crippen LogP) is 2.82. The quantitative estimate of drug-likeness (QED) is 0.669. The fourth-order valence-corrected chi connectivity index (χ4v) is 2.94. The molecule has 0 saturated heterocycles. The number of benzene rings is 2. The minimum Gasteiger partial charge on any atom is -0.497 e. The van der Waals surface area contributed by atoms with Gasteiger partial charge in [-0.25, -0.2) is 4.79 Å². The molecule has 0 bridgehead atoms. The highest BCUT2D eigenvalue weighted by molar-refractivity contribution is 7.71. The van der Waals surface area contributed by atoms with Gasteiger partial charge < -0.3 is 19.6 Å². The molecule has 1 heterocycles. The molecule has 0 spiro atoms. The van der Waals surface area contributed by atoms with E-state index in [1.54, 1.807) is 25.3 Å². The Labute approximate surface area is 153 Å². The summed E-state index contributed by atoms with van der Waals surface area (Å²) >= 11 is 5.30. The van der Waals surface area contributed by atoms with Gasteiger partial charge in [0.25, 0.3) is 5.56 Å². The Hall–Kier alpha value is -3.13. The van der Waals surface area contributed by atoms with Gasteiger partial charge in [0, 0.05) is 11.6 Å². The summed E-state index contributed by atoms with van der Waals surface area (Å²) in [7, 11) is 3.10. The van der Waals surface area contributed by atoms with Crippen LogP contribution in [-0.2, 0) is 6.54 Å². The van der Waals surface area contributed by atoms with Crippen molar-refractivity contribution in [1.29, 1.82) is 0 Å². The Kier molecular flexibility index (Phi) is 4.77. The first kappa shape index (κ1) is 17.7. The molecule has 134 valence electrons. The van der Waals surface area contributed by atoms with Crippen molar-refractivity contribution < 1.29 is 19.4 Å². The van der Waals surface area contributed by atoms with Gasteiger partial charge >= 0.3 is 5.97 Å². The Balaban J connectivity index is 2.12. The fourth-order valence-electron chi connectivity index (χ4n) is 2.68. The summed E-state index contributed by atoms with van der Waals surface area (Å²) in [6.07, 6.45) is 0. The van der Waals surface area contributed by atoms with Gasteiger partial charge in [0.05, 0.1) is 37.2 Å². The molecule has 2 N–H and O–H groups in total. The van der Waals surface area contributed by atoms with Crippen LogP contribution in [-0.4, -0.2) is 34.8 Å². The average molecular weight is 372 g/mol. The molecular weight excluding hydrogens is 356 g/mol. The molecule has 26 heavy (non-hydrogen) atoms. The van der Waals surface area contributed by atoms with E-state index in [1.807, 2.05) is 0 Å². The summed E-state index contributed by atoms with van der Waals surface area (Å²) in [5.41, 5.74) is 0.921. The molecule has 1 aromatic heterocycles. The van der Waals surface area contributed by atoms with E-state index in [4.69, 9.17) is 26.8 Å². The minimum atomic E-state index is -1.07. The number of aromatic amines is 1. The van der Waals surface area contributed by atoms with Crippen LogP contribution < -0.4 is 15.0 Å². The summed E-state index contributed by atoms with van der Waals surface area (Å²) in [5, 5.41) is 9.44. The highest BCUT2D eigenvalue weighted by atomic mass is 32.1. The third-order valence-electron chi connectivity index (χ3n) is 4.05.